The van der Waals surface area contributed by atoms with E-state index in [9.17, 15) is 14.0 Å². The molecule has 0 bridgehead atoms. The van der Waals surface area contributed by atoms with Gasteiger partial charge in [-0.3, -0.25) is 9.36 Å². The quantitative estimate of drug-likeness (QED) is 0.160. The molecule has 8 nitrogen and oxygen atoms in total. The summed E-state index contributed by atoms with van der Waals surface area (Å²) in [5.41, 5.74) is 2.84. The largest absolute Gasteiger partial charge is 0.493 e. The minimum atomic E-state index is -0.911. The van der Waals surface area contributed by atoms with Gasteiger partial charge in [-0.05, 0) is 66.6 Å². The molecule has 1 aliphatic rings. The van der Waals surface area contributed by atoms with Crippen LogP contribution >= 0.6 is 22.9 Å². The van der Waals surface area contributed by atoms with E-state index in [4.69, 9.17) is 35.5 Å². The smallest absolute Gasteiger partial charge is 0.338 e. The number of benzene rings is 4. The molecule has 1 aromatic heterocycles. The van der Waals surface area contributed by atoms with Crippen LogP contribution < -0.4 is 29.1 Å². The van der Waals surface area contributed by atoms with Crippen molar-refractivity contribution in [2.45, 2.75) is 19.6 Å². The van der Waals surface area contributed by atoms with Crippen molar-refractivity contribution >= 4 is 40.7 Å². The Balaban J connectivity index is 1.56. The lowest BCUT2D eigenvalue weighted by Gasteiger charge is -2.26. The van der Waals surface area contributed by atoms with Crippen molar-refractivity contribution in [3.05, 3.63) is 149 Å². The van der Waals surface area contributed by atoms with Crippen molar-refractivity contribution in [1.82, 2.24) is 4.57 Å². The highest BCUT2D eigenvalue weighted by atomic mass is 35.5. The average Bonchev–Trinajstić information content (AvgIpc) is 3.41. The highest BCUT2D eigenvalue weighted by Gasteiger charge is 2.35. The average molecular weight is 685 g/mol. The van der Waals surface area contributed by atoms with Crippen molar-refractivity contribution in [3.8, 4) is 17.2 Å². The van der Waals surface area contributed by atoms with E-state index in [2.05, 4.69) is 0 Å². The minimum Gasteiger partial charge on any atom is -0.493 e. The molecular formula is C37H30ClFN2O6S. The molecule has 11 heteroatoms. The number of hydrogen-bond acceptors (Lipinski definition) is 8. The summed E-state index contributed by atoms with van der Waals surface area (Å²) in [5.74, 6) is 0.464. The third-order valence-electron chi connectivity index (χ3n) is 7.66. The SMILES string of the molecule is CCOC(=O)C1=C(c2ccccc2)N=c2s/c(=C\c3cc(Cl)ccc3OCc3ccc(F)cc3)c(=O)n2[C@@H]1c1ccc(OC)c(OC)c1. The topological polar surface area (TPSA) is 88.4 Å². The number of thiazole rings is 1. The molecule has 4 aromatic carbocycles. The Morgan fingerprint density at radius 1 is 0.958 bits per heavy atom. The van der Waals surface area contributed by atoms with Gasteiger partial charge in [-0.1, -0.05) is 71.5 Å². The van der Waals surface area contributed by atoms with Crippen LogP contribution in [0.4, 0.5) is 4.39 Å². The summed E-state index contributed by atoms with van der Waals surface area (Å²) in [6.45, 7) is 2.03. The zero-order chi connectivity index (χ0) is 33.8. The number of nitrogens with zero attached hydrogens (tertiary/aromatic N) is 2. The maximum Gasteiger partial charge on any atom is 0.338 e. The van der Waals surface area contributed by atoms with E-state index in [1.165, 1.54) is 42.3 Å². The van der Waals surface area contributed by atoms with Crippen molar-refractivity contribution in [2.24, 2.45) is 4.99 Å². The second kappa shape index (κ2) is 14.3. The molecule has 0 fully saturated rings. The molecule has 6 rings (SSSR count). The monoisotopic (exact) mass is 684 g/mol. The lowest BCUT2D eigenvalue weighted by molar-refractivity contribution is -0.138. The first-order valence-corrected chi connectivity index (χ1v) is 16.2. The molecule has 1 atom stereocenters. The Morgan fingerprint density at radius 2 is 1.69 bits per heavy atom. The molecule has 244 valence electrons. The first-order valence-electron chi connectivity index (χ1n) is 15.0. The zero-order valence-corrected chi connectivity index (χ0v) is 27.8. The van der Waals surface area contributed by atoms with Gasteiger partial charge in [-0.15, -0.1) is 0 Å². The standard InChI is InChI=1S/C37H30ClFN2O6S/c1-4-46-36(43)32-33(23-8-6-5-7-9-23)40-37-41(34(32)24-12-16-29(44-2)30(19-24)45-3)35(42)31(48-37)20-25-18-26(38)13-17-28(25)47-21-22-10-14-27(39)15-11-22/h5-20,34H,4,21H2,1-3H3/b31-20-/t34-/m1/s1. The molecule has 1 aliphatic heterocycles. The van der Waals surface area contributed by atoms with Gasteiger partial charge in [-0.2, -0.15) is 0 Å². The molecule has 0 spiro atoms. The highest BCUT2D eigenvalue weighted by Crippen LogP contribution is 2.38. The Morgan fingerprint density at radius 3 is 2.40 bits per heavy atom. The Labute approximate surface area is 284 Å². The first kappa shape index (κ1) is 32.7. The lowest BCUT2D eigenvalue weighted by atomic mass is 9.93. The molecule has 2 heterocycles. The first-order chi connectivity index (χ1) is 23.3. The molecule has 0 N–H and O–H groups in total. The fourth-order valence-corrected chi connectivity index (χ4v) is 6.60. The van der Waals surface area contributed by atoms with Crippen LogP contribution in [0.2, 0.25) is 5.02 Å². The van der Waals surface area contributed by atoms with Crippen molar-refractivity contribution < 1.29 is 28.1 Å². The highest BCUT2D eigenvalue weighted by molar-refractivity contribution is 7.07. The molecule has 0 aliphatic carbocycles. The van der Waals surface area contributed by atoms with Gasteiger partial charge in [0.25, 0.3) is 5.56 Å². The van der Waals surface area contributed by atoms with E-state index >= 15 is 0 Å². The molecule has 0 saturated heterocycles. The van der Waals surface area contributed by atoms with Crippen molar-refractivity contribution in [1.29, 1.82) is 0 Å². The molecule has 48 heavy (non-hydrogen) atoms. The van der Waals surface area contributed by atoms with Crippen LogP contribution in [-0.2, 0) is 16.1 Å². The fraction of sp³-hybridized carbons (Fsp3) is 0.162. The number of halogens is 2. The molecule has 0 amide bonds. The van der Waals surface area contributed by atoms with E-state index in [1.54, 1.807) is 61.5 Å². The van der Waals surface area contributed by atoms with Gasteiger partial charge in [0.2, 0.25) is 0 Å². The molecular weight excluding hydrogens is 655 g/mol. The summed E-state index contributed by atoms with van der Waals surface area (Å²) < 4.78 is 38.0. The van der Waals surface area contributed by atoms with Crippen molar-refractivity contribution in [2.75, 3.05) is 20.8 Å². The summed E-state index contributed by atoms with van der Waals surface area (Å²) in [7, 11) is 3.05. The zero-order valence-electron chi connectivity index (χ0n) is 26.2. The Kier molecular flexibility index (Phi) is 9.75. The van der Waals surface area contributed by atoms with Crippen molar-refractivity contribution in [3.63, 3.8) is 0 Å². The van der Waals surface area contributed by atoms with E-state index in [-0.39, 0.29) is 30.2 Å². The minimum absolute atomic E-state index is 0.128. The Bertz CT molecular complexity index is 2200. The number of carbonyl (C=O) groups is 1. The van der Waals surface area contributed by atoms with Gasteiger partial charge < -0.3 is 18.9 Å². The summed E-state index contributed by atoms with van der Waals surface area (Å²) in [4.78, 5) is 33.5. The summed E-state index contributed by atoms with van der Waals surface area (Å²) >= 11 is 7.56. The van der Waals surface area contributed by atoms with Crippen LogP contribution in [0.15, 0.2) is 106 Å². The van der Waals surface area contributed by atoms with Gasteiger partial charge in [0.05, 0.1) is 42.7 Å². The third-order valence-corrected chi connectivity index (χ3v) is 8.88. The summed E-state index contributed by atoms with van der Waals surface area (Å²) in [6.07, 6.45) is 1.69. The lowest BCUT2D eigenvalue weighted by Crippen LogP contribution is -2.40. The van der Waals surface area contributed by atoms with Gasteiger partial charge in [0.15, 0.2) is 16.3 Å². The second-order valence-corrected chi connectivity index (χ2v) is 12.1. The molecule has 0 radical (unpaired) electrons. The fourth-order valence-electron chi connectivity index (χ4n) is 5.43. The summed E-state index contributed by atoms with van der Waals surface area (Å²) in [5, 5.41) is 0.447. The number of fused-ring (bicyclic) bond motifs is 1. The number of ether oxygens (including phenoxy) is 4. The van der Waals surface area contributed by atoms with E-state index in [1.807, 2.05) is 30.3 Å². The predicted molar refractivity (Wildman–Crippen MR) is 183 cm³/mol. The van der Waals surface area contributed by atoms with Crippen LogP contribution in [0.5, 0.6) is 17.2 Å². The normalized spacial score (nSPS) is 14.3. The van der Waals surface area contributed by atoms with E-state index in [0.717, 1.165) is 5.56 Å². The predicted octanol–water partition coefficient (Wildman–Crippen LogP) is 6.32. The number of hydrogen-bond donors (Lipinski definition) is 0. The Hall–Kier alpha value is -5.19. The number of carbonyl (C=O) groups excluding carboxylic acids is 1. The van der Waals surface area contributed by atoms with Crippen LogP contribution in [0.3, 0.4) is 0 Å². The van der Waals surface area contributed by atoms with Crippen LogP contribution in [0.25, 0.3) is 11.8 Å². The third kappa shape index (κ3) is 6.62. The molecule has 5 aromatic rings. The maximum atomic E-state index is 14.4. The van der Waals surface area contributed by atoms with Gasteiger partial charge >= 0.3 is 5.97 Å². The molecule has 0 unspecified atom stereocenters. The maximum absolute atomic E-state index is 14.4. The van der Waals surface area contributed by atoms with E-state index in [0.29, 0.717) is 54.0 Å². The number of methoxy groups -OCH3 is 2. The van der Waals surface area contributed by atoms with Gasteiger partial charge in [0, 0.05) is 16.1 Å². The molecule has 0 saturated carbocycles. The summed E-state index contributed by atoms with van der Waals surface area (Å²) in [6, 6.07) is 24.8. The number of rotatable bonds is 10. The second-order valence-electron chi connectivity index (χ2n) is 10.6. The van der Waals surface area contributed by atoms with Crippen LogP contribution in [-0.4, -0.2) is 31.4 Å². The number of esters is 1. The van der Waals surface area contributed by atoms with E-state index < -0.39 is 12.0 Å². The van der Waals surface area contributed by atoms with Gasteiger partial charge in [0.1, 0.15) is 18.2 Å². The van der Waals surface area contributed by atoms with Gasteiger partial charge in [-0.25, -0.2) is 14.2 Å². The van der Waals surface area contributed by atoms with Crippen LogP contribution in [0, 0.1) is 5.82 Å². The van der Waals surface area contributed by atoms with Crippen LogP contribution in [0.1, 0.15) is 35.2 Å². The number of aromatic nitrogens is 1.